The Balaban J connectivity index is 1.79. The molecule has 142 valence electrons. The Morgan fingerprint density at radius 3 is 2.77 bits per heavy atom. The second kappa shape index (κ2) is 8.12. The first-order valence-corrected chi connectivity index (χ1v) is 12.2. The number of ether oxygens (including phenoxy) is 1. The van der Waals surface area contributed by atoms with E-state index in [1.807, 2.05) is 40.1 Å². The van der Waals surface area contributed by atoms with E-state index in [4.69, 9.17) is 4.74 Å². The first kappa shape index (κ1) is 19.4. The zero-order valence-electron chi connectivity index (χ0n) is 15.4. The number of fused-ring (bicyclic) bond motifs is 1. The summed E-state index contributed by atoms with van der Waals surface area (Å²) in [5, 5.41) is 14.8. The van der Waals surface area contributed by atoms with Crippen molar-refractivity contribution >= 4 is 36.9 Å². The van der Waals surface area contributed by atoms with Crippen LogP contribution in [0, 0.1) is 0 Å². The molecule has 3 heterocycles. The van der Waals surface area contributed by atoms with E-state index >= 15 is 0 Å². The Morgan fingerprint density at radius 1 is 1.23 bits per heavy atom. The molecular formula is C18H25BrN4O2S. The molecular weight excluding hydrogens is 416 g/mol. The summed E-state index contributed by atoms with van der Waals surface area (Å²) in [6, 6.07) is 2.00. The van der Waals surface area contributed by atoms with Crippen LogP contribution in [0.1, 0.15) is 0 Å². The van der Waals surface area contributed by atoms with Crippen LogP contribution in [0.5, 0.6) is 0 Å². The molecule has 0 aliphatic carbocycles. The number of pyridine rings is 1. The molecule has 0 aliphatic rings. The quantitative estimate of drug-likeness (QED) is 0.430. The van der Waals surface area contributed by atoms with Gasteiger partial charge in [0.2, 0.25) is 0 Å². The first-order valence-electron chi connectivity index (χ1n) is 8.39. The van der Waals surface area contributed by atoms with E-state index in [0.29, 0.717) is 13.3 Å². The van der Waals surface area contributed by atoms with Crippen LogP contribution in [0.25, 0.3) is 22.0 Å². The highest BCUT2D eigenvalue weighted by atomic mass is 79.9. The fourth-order valence-electron chi connectivity index (χ4n) is 2.73. The van der Waals surface area contributed by atoms with Crippen molar-refractivity contribution in [3.8, 4) is 11.1 Å². The molecule has 3 aromatic heterocycles. The van der Waals surface area contributed by atoms with Crippen LogP contribution < -0.4 is 0 Å². The molecule has 0 saturated carbocycles. The maximum absolute atomic E-state index is 9.31. The predicted octanol–water partition coefficient (Wildman–Crippen LogP) is 3.32. The SMILES string of the molecule is CS(C)(C)CCOCn1cc(-c2cn(CCO)c3cnc(Br)cc23)cn1. The van der Waals surface area contributed by atoms with E-state index in [2.05, 4.69) is 44.8 Å². The van der Waals surface area contributed by atoms with E-state index in [-0.39, 0.29) is 6.61 Å². The van der Waals surface area contributed by atoms with Crippen molar-refractivity contribution in [2.45, 2.75) is 13.3 Å². The molecule has 26 heavy (non-hydrogen) atoms. The van der Waals surface area contributed by atoms with Crippen LogP contribution >= 0.6 is 26.0 Å². The highest BCUT2D eigenvalue weighted by Gasteiger charge is 2.13. The summed E-state index contributed by atoms with van der Waals surface area (Å²) in [5.41, 5.74) is 3.09. The molecule has 0 amide bonds. The zero-order chi connectivity index (χ0) is 18.7. The molecule has 0 saturated heterocycles. The molecule has 0 aliphatic heterocycles. The summed E-state index contributed by atoms with van der Waals surface area (Å²) in [5.74, 6) is 1.09. The lowest BCUT2D eigenvalue weighted by Crippen LogP contribution is -2.10. The molecule has 8 heteroatoms. The predicted molar refractivity (Wildman–Crippen MR) is 112 cm³/mol. The average Bonchev–Trinajstić information content (AvgIpc) is 3.16. The van der Waals surface area contributed by atoms with Gasteiger partial charge in [-0.2, -0.15) is 5.10 Å². The molecule has 6 nitrogen and oxygen atoms in total. The fraction of sp³-hybridized carbons (Fsp3) is 0.444. The summed E-state index contributed by atoms with van der Waals surface area (Å²) < 4.78 is 10.4. The monoisotopic (exact) mass is 440 g/mol. The summed E-state index contributed by atoms with van der Waals surface area (Å²) in [6.07, 6.45) is 14.6. The van der Waals surface area contributed by atoms with Crippen molar-refractivity contribution in [2.75, 3.05) is 37.7 Å². The summed E-state index contributed by atoms with van der Waals surface area (Å²) >= 11 is 3.44. The van der Waals surface area contributed by atoms with Gasteiger partial charge in [0.15, 0.2) is 0 Å². The van der Waals surface area contributed by atoms with E-state index in [9.17, 15) is 5.11 Å². The average molecular weight is 441 g/mol. The second-order valence-corrected chi connectivity index (χ2v) is 12.5. The van der Waals surface area contributed by atoms with E-state index in [1.165, 1.54) is 0 Å². The van der Waals surface area contributed by atoms with Gasteiger partial charge < -0.3 is 14.4 Å². The third-order valence-corrected chi connectivity index (χ3v) is 5.91. The van der Waals surface area contributed by atoms with Crippen molar-refractivity contribution in [1.82, 2.24) is 19.3 Å². The summed E-state index contributed by atoms with van der Waals surface area (Å²) in [7, 11) is -0.536. The van der Waals surface area contributed by atoms with Gasteiger partial charge in [-0.05, 0) is 40.8 Å². The molecule has 0 unspecified atom stereocenters. The Hall–Kier alpha value is -1.35. The molecule has 0 aromatic carbocycles. The number of aliphatic hydroxyl groups is 1. The lowest BCUT2D eigenvalue weighted by atomic mass is 10.1. The third-order valence-electron chi connectivity index (χ3n) is 4.08. The molecule has 0 atom stereocenters. The number of aromatic nitrogens is 4. The molecule has 0 spiro atoms. The first-order chi connectivity index (χ1) is 12.4. The highest BCUT2D eigenvalue weighted by molar-refractivity contribution is 9.10. The summed E-state index contributed by atoms with van der Waals surface area (Å²) in [6.45, 7) is 1.83. The Kier molecular flexibility index (Phi) is 6.06. The van der Waals surface area contributed by atoms with Crippen LogP contribution in [0.3, 0.4) is 0 Å². The Morgan fingerprint density at radius 2 is 2.04 bits per heavy atom. The van der Waals surface area contributed by atoms with Crippen LogP contribution in [0.4, 0.5) is 0 Å². The van der Waals surface area contributed by atoms with Crippen molar-refractivity contribution < 1.29 is 9.84 Å². The smallest absolute Gasteiger partial charge is 0.139 e. The molecule has 3 aromatic rings. The van der Waals surface area contributed by atoms with Gasteiger partial charge in [0.1, 0.15) is 11.3 Å². The van der Waals surface area contributed by atoms with Gasteiger partial charge in [-0.25, -0.2) is 19.7 Å². The molecule has 0 bridgehead atoms. The lowest BCUT2D eigenvalue weighted by Gasteiger charge is -2.24. The van der Waals surface area contributed by atoms with Crippen LogP contribution in [-0.2, 0) is 18.0 Å². The minimum atomic E-state index is -0.536. The van der Waals surface area contributed by atoms with E-state index in [0.717, 1.165) is 39.0 Å². The van der Waals surface area contributed by atoms with Crippen LogP contribution in [-0.4, -0.2) is 62.2 Å². The van der Waals surface area contributed by atoms with Crippen molar-refractivity contribution in [2.24, 2.45) is 0 Å². The fourth-order valence-corrected chi connectivity index (χ4v) is 3.67. The molecule has 3 rings (SSSR count). The maximum Gasteiger partial charge on any atom is 0.139 e. The van der Waals surface area contributed by atoms with Crippen molar-refractivity contribution in [3.05, 3.63) is 35.5 Å². The Labute approximate surface area is 163 Å². The van der Waals surface area contributed by atoms with Crippen molar-refractivity contribution in [3.63, 3.8) is 0 Å². The minimum absolute atomic E-state index is 0.0855. The van der Waals surface area contributed by atoms with E-state index < -0.39 is 10.0 Å². The van der Waals surface area contributed by atoms with Gasteiger partial charge >= 0.3 is 0 Å². The normalized spacial score (nSPS) is 12.8. The number of rotatable bonds is 8. The molecule has 1 N–H and O–H groups in total. The number of halogens is 1. The number of hydrogen-bond acceptors (Lipinski definition) is 4. The minimum Gasteiger partial charge on any atom is -0.395 e. The number of aliphatic hydroxyl groups excluding tert-OH is 1. The number of nitrogens with zero attached hydrogens (tertiary/aromatic N) is 4. The Bertz CT molecular complexity index is 885. The highest BCUT2D eigenvalue weighted by Crippen LogP contribution is 2.34. The van der Waals surface area contributed by atoms with Gasteiger partial charge in [0.25, 0.3) is 0 Å². The zero-order valence-corrected chi connectivity index (χ0v) is 17.8. The lowest BCUT2D eigenvalue weighted by molar-refractivity contribution is 0.0809. The van der Waals surface area contributed by atoms with Gasteiger partial charge in [-0.1, -0.05) is 0 Å². The molecule has 0 fully saturated rings. The van der Waals surface area contributed by atoms with Gasteiger partial charge in [-0.3, -0.25) is 0 Å². The topological polar surface area (TPSA) is 65.1 Å². The maximum atomic E-state index is 9.31. The van der Waals surface area contributed by atoms with Gasteiger partial charge in [0, 0.05) is 41.2 Å². The van der Waals surface area contributed by atoms with Gasteiger partial charge in [-0.15, -0.1) is 0 Å². The third kappa shape index (κ3) is 4.68. The second-order valence-electron chi connectivity index (χ2n) is 7.08. The largest absolute Gasteiger partial charge is 0.395 e. The standard InChI is InChI=1S/C18H25BrN4O2S/c1-26(2,3)7-6-25-13-23-11-14(9-21-23)16-12-22(4-5-24)17-10-20-18(19)8-15(16)17/h8-12,24H,4-7,13H2,1-3H3. The van der Waals surface area contributed by atoms with Crippen LogP contribution in [0.2, 0.25) is 0 Å². The molecule has 0 radical (unpaired) electrons. The van der Waals surface area contributed by atoms with E-state index in [1.54, 1.807) is 0 Å². The van der Waals surface area contributed by atoms with Crippen molar-refractivity contribution in [1.29, 1.82) is 0 Å². The van der Waals surface area contributed by atoms with Crippen LogP contribution in [0.15, 0.2) is 35.5 Å². The summed E-state index contributed by atoms with van der Waals surface area (Å²) in [4.78, 5) is 4.31. The number of hydrogen-bond donors (Lipinski definition) is 1. The van der Waals surface area contributed by atoms with Gasteiger partial charge in [0.05, 0.1) is 31.1 Å².